The Kier molecular flexibility index (Phi) is 2.47. The Balaban J connectivity index is 2.10. The third kappa shape index (κ3) is 1.47. The van der Waals surface area contributed by atoms with Crippen molar-refractivity contribution in [1.29, 1.82) is 0 Å². The van der Waals surface area contributed by atoms with Crippen molar-refractivity contribution in [2.24, 2.45) is 0 Å². The van der Waals surface area contributed by atoms with E-state index in [9.17, 15) is 10.2 Å². The van der Waals surface area contributed by atoms with Crippen molar-refractivity contribution in [2.75, 3.05) is 0 Å². The molecule has 2 aliphatic rings. The van der Waals surface area contributed by atoms with E-state index < -0.39 is 12.2 Å². The van der Waals surface area contributed by atoms with Crippen LogP contribution in [0.2, 0.25) is 0 Å². The van der Waals surface area contributed by atoms with Crippen LogP contribution in [0.15, 0.2) is 36.4 Å². The highest BCUT2D eigenvalue weighted by atomic mass is 16.3. The third-order valence-electron chi connectivity index (χ3n) is 5.49. The molecule has 0 heterocycles. The number of rotatable bonds is 0. The number of aryl methyl sites for hydroxylation is 2. The largest absolute Gasteiger partial charge is 0.388 e. The van der Waals surface area contributed by atoms with Gasteiger partial charge < -0.3 is 10.2 Å². The highest BCUT2D eigenvalue weighted by molar-refractivity contribution is 6.09. The number of benzene rings is 3. The van der Waals surface area contributed by atoms with Gasteiger partial charge in [0.05, 0.1) is 12.2 Å². The average Bonchev–Trinajstić information content (AvgIpc) is 2.93. The van der Waals surface area contributed by atoms with E-state index in [1.165, 1.54) is 21.9 Å². The molecule has 5 rings (SSSR count). The molecule has 0 aliphatic heterocycles. The summed E-state index contributed by atoms with van der Waals surface area (Å²) in [6, 6.07) is 12.7. The van der Waals surface area contributed by atoms with Crippen LogP contribution in [0.25, 0.3) is 21.5 Å². The van der Waals surface area contributed by atoms with Crippen LogP contribution in [0.5, 0.6) is 0 Å². The van der Waals surface area contributed by atoms with Gasteiger partial charge in [0.2, 0.25) is 0 Å². The number of hydrogen-bond donors (Lipinski definition) is 2. The second-order valence-corrected chi connectivity index (χ2v) is 6.61. The molecule has 2 heteroatoms. The fraction of sp³-hybridized carbons (Fsp3) is 0.300. The Morgan fingerprint density at radius 3 is 2.41 bits per heavy atom. The van der Waals surface area contributed by atoms with Crippen LogP contribution in [-0.2, 0) is 12.8 Å². The maximum absolute atomic E-state index is 10.8. The van der Waals surface area contributed by atoms with Gasteiger partial charge in [-0.05, 0) is 69.5 Å². The maximum Gasteiger partial charge on any atom is 0.0803 e. The summed E-state index contributed by atoms with van der Waals surface area (Å²) in [6.45, 7) is 0. The van der Waals surface area contributed by atoms with E-state index in [0.717, 1.165) is 34.7 Å². The molecule has 2 unspecified atom stereocenters. The van der Waals surface area contributed by atoms with Crippen LogP contribution in [0, 0.1) is 0 Å². The molecule has 0 spiro atoms. The zero-order chi connectivity index (χ0) is 14.8. The summed E-state index contributed by atoms with van der Waals surface area (Å²) in [4.78, 5) is 0. The third-order valence-corrected chi connectivity index (χ3v) is 5.49. The summed E-state index contributed by atoms with van der Waals surface area (Å²) in [7, 11) is 0. The summed E-state index contributed by atoms with van der Waals surface area (Å²) in [5, 5.41) is 26.1. The smallest absolute Gasteiger partial charge is 0.0803 e. The van der Waals surface area contributed by atoms with Crippen molar-refractivity contribution in [3.63, 3.8) is 0 Å². The molecule has 3 aromatic rings. The summed E-state index contributed by atoms with van der Waals surface area (Å²) in [5.41, 5.74) is 4.79. The number of hydrogen-bond acceptors (Lipinski definition) is 2. The number of aliphatic hydroxyl groups excluding tert-OH is 2. The van der Waals surface area contributed by atoms with Crippen molar-refractivity contribution in [1.82, 2.24) is 0 Å². The molecule has 22 heavy (non-hydrogen) atoms. The van der Waals surface area contributed by atoms with Gasteiger partial charge in [0.15, 0.2) is 0 Å². The van der Waals surface area contributed by atoms with Crippen LogP contribution in [-0.4, -0.2) is 10.2 Å². The maximum atomic E-state index is 10.8. The Bertz CT molecular complexity index is 926. The van der Waals surface area contributed by atoms with E-state index in [1.54, 1.807) is 0 Å². The van der Waals surface area contributed by atoms with Gasteiger partial charge in [-0.25, -0.2) is 0 Å². The first-order valence-electron chi connectivity index (χ1n) is 8.11. The quantitative estimate of drug-likeness (QED) is 0.615. The molecule has 2 atom stereocenters. The average molecular weight is 290 g/mol. The van der Waals surface area contributed by atoms with Gasteiger partial charge in [0.1, 0.15) is 0 Å². The lowest BCUT2D eigenvalue weighted by Gasteiger charge is -2.18. The van der Waals surface area contributed by atoms with Crippen molar-refractivity contribution in [2.45, 2.75) is 37.9 Å². The lowest BCUT2D eigenvalue weighted by molar-refractivity contribution is 0.122. The van der Waals surface area contributed by atoms with Crippen molar-refractivity contribution >= 4 is 21.5 Å². The Morgan fingerprint density at radius 1 is 0.773 bits per heavy atom. The first-order valence-corrected chi connectivity index (χ1v) is 8.11. The molecule has 2 aliphatic carbocycles. The van der Waals surface area contributed by atoms with E-state index >= 15 is 0 Å². The first kappa shape index (κ1) is 12.6. The number of aliphatic hydroxyl groups is 2. The van der Waals surface area contributed by atoms with Gasteiger partial charge in [0.25, 0.3) is 0 Å². The Labute approximate surface area is 129 Å². The molecule has 0 saturated carbocycles. The van der Waals surface area contributed by atoms with Crippen LogP contribution in [0.1, 0.15) is 47.3 Å². The van der Waals surface area contributed by atoms with Crippen molar-refractivity contribution in [3.05, 3.63) is 58.7 Å². The molecule has 110 valence electrons. The van der Waals surface area contributed by atoms with Crippen LogP contribution in [0.4, 0.5) is 0 Å². The minimum Gasteiger partial charge on any atom is -0.388 e. The molecule has 0 aromatic heterocycles. The van der Waals surface area contributed by atoms with Crippen LogP contribution in [0.3, 0.4) is 0 Å². The first-order chi connectivity index (χ1) is 10.8. The van der Waals surface area contributed by atoms with E-state index in [-0.39, 0.29) is 0 Å². The topological polar surface area (TPSA) is 40.5 Å². The lowest BCUT2D eigenvalue weighted by Crippen LogP contribution is -2.00. The summed E-state index contributed by atoms with van der Waals surface area (Å²) >= 11 is 0. The number of fused-ring (bicyclic) bond motifs is 3. The second kappa shape index (κ2) is 4.31. The van der Waals surface area contributed by atoms with Gasteiger partial charge in [-0.15, -0.1) is 0 Å². The minimum absolute atomic E-state index is 0.473. The van der Waals surface area contributed by atoms with Gasteiger partial charge in [-0.1, -0.05) is 36.4 Å². The van der Waals surface area contributed by atoms with E-state index in [4.69, 9.17) is 0 Å². The van der Waals surface area contributed by atoms with E-state index in [2.05, 4.69) is 30.3 Å². The lowest BCUT2D eigenvalue weighted by atomic mass is 9.88. The predicted octanol–water partition coefficient (Wildman–Crippen LogP) is 3.95. The van der Waals surface area contributed by atoms with Gasteiger partial charge in [-0.3, -0.25) is 0 Å². The zero-order valence-electron chi connectivity index (χ0n) is 12.3. The molecule has 0 radical (unpaired) electrons. The van der Waals surface area contributed by atoms with Crippen molar-refractivity contribution < 1.29 is 10.2 Å². The molecule has 2 nitrogen and oxygen atoms in total. The molecule has 0 bridgehead atoms. The summed E-state index contributed by atoms with van der Waals surface area (Å²) in [6.07, 6.45) is 2.39. The second-order valence-electron chi connectivity index (χ2n) is 6.61. The zero-order valence-corrected chi connectivity index (χ0v) is 12.3. The monoisotopic (exact) mass is 290 g/mol. The van der Waals surface area contributed by atoms with Crippen molar-refractivity contribution in [3.8, 4) is 0 Å². The molecule has 0 fully saturated rings. The van der Waals surface area contributed by atoms with E-state index in [1.807, 2.05) is 6.07 Å². The molecule has 0 amide bonds. The van der Waals surface area contributed by atoms with Crippen LogP contribution >= 0.6 is 0 Å². The predicted molar refractivity (Wildman–Crippen MR) is 88.0 cm³/mol. The summed E-state index contributed by atoms with van der Waals surface area (Å²) in [5.74, 6) is 0. The Morgan fingerprint density at radius 2 is 1.55 bits per heavy atom. The highest BCUT2D eigenvalue weighted by Crippen LogP contribution is 2.47. The fourth-order valence-corrected chi connectivity index (χ4v) is 4.51. The van der Waals surface area contributed by atoms with Gasteiger partial charge in [0, 0.05) is 0 Å². The molecular formula is C20H18O2. The normalized spacial score (nSPS) is 23.2. The van der Waals surface area contributed by atoms with Gasteiger partial charge >= 0.3 is 0 Å². The summed E-state index contributed by atoms with van der Waals surface area (Å²) < 4.78 is 0. The van der Waals surface area contributed by atoms with E-state index in [0.29, 0.717) is 12.8 Å². The minimum atomic E-state index is -0.495. The molecular weight excluding hydrogens is 272 g/mol. The molecule has 3 aromatic carbocycles. The standard InChI is InChI=1S/C20H18O2/c21-16-9-10-17(22)19-13-4-2-1-3-12(13)14-7-5-11-6-8-15(16)20(19)18(11)14/h1-4,6,8,16-17,21-22H,5,7,9-10H2. The Hall–Kier alpha value is -1.90. The fourth-order valence-electron chi connectivity index (χ4n) is 4.51. The SMILES string of the molecule is OC1CCC(O)c2c3ccccc3c3c4c(ccc1c24)CC3. The van der Waals surface area contributed by atoms with Crippen LogP contribution < -0.4 is 0 Å². The molecule has 0 saturated heterocycles. The van der Waals surface area contributed by atoms with Gasteiger partial charge in [-0.2, -0.15) is 0 Å². The highest BCUT2D eigenvalue weighted by Gasteiger charge is 2.29. The molecule has 2 N–H and O–H groups in total.